The van der Waals surface area contributed by atoms with E-state index in [-0.39, 0.29) is 0 Å². The molecule has 4 heterocycles. The van der Waals surface area contributed by atoms with Crippen molar-refractivity contribution < 1.29 is 8.83 Å². The molecule has 0 N–H and O–H groups in total. The summed E-state index contributed by atoms with van der Waals surface area (Å²) in [4.78, 5) is 10.5. The Morgan fingerprint density at radius 3 is 1.96 bits per heavy atom. The monoisotopic (exact) mass is 577 g/mol. The fraction of sp³-hybridized carbons (Fsp3) is 0. The van der Waals surface area contributed by atoms with Gasteiger partial charge in [-0.15, -0.1) is 0 Å². The average Bonchev–Trinajstić information content (AvgIpc) is 3.77. The Balaban J connectivity index is 1.33. The fourth-order valence-electron chi connectivity index (χ4n) is 6.93. The van der Waals surface area contributed by atoms with Gasteiger partial charge in [0, 0.05) is 43.7 Å². The van der Waals surface area contributed by atoms with E-state index in [4.69, 9.17) is 18.8 Å². The van der Waals surface area contributed by atoms with Crippen LogP contribution in [0, 0.1) is 0 Å². The van der Waals surface area contributed by atoms with E-state index in [1.807, 2.05) is 42.5 Å². The highest BCUT2D eigenvalue weighted by molar-refractivity contribution is 6.18. The molecule has 0 atom stereocenters. The Morgan fingerprint density at radius 1 is 0.444 bits per heavy atom. The summed E-state index contributed by atoms with van der Waals surface area (Å²) in [5.74, 6) is 0.603. The van der Waals surface area contributed by atoms with E-state index in [1.54, 1.807) is 0 Å². The number of aromatic nitrogens is 3. The Kier molecular flexibility index (Phi) is 4.93. The topological polar surface area (TPSA) is 57.0 Å². The summed E-state index contributed by atoms with van der Waals surface area (Å²) >= 11 is 0. The summed E-state index contributed by atoms with van der Waals surface area (Å²) in [6, 6.07) is 47.8. The Labute approximate surface area is 256 Å². The fourth-order valence-corrected chi connectivity index (χ4v) is 6.93. The number of fused-ring (bicyclic) bond motifs is 9. The van der Waals surface area contributed by atoms with E-state index in [0.29, 0.717) is 11.5 Å². The van der Waals surface area contributed by atoms with Gasteiger partial charge < -0.3 is 13.4 Å². The summed E-state index contributed by atoms with van der Waals surface area (Å²) in [5.41, 5.74) is 8.93. The molecule has 0 aliphatic rings. The van der Waals surface area contributed by atoms with Crippen LogP contribution < -0.4 is 0 Å². The van der Waals surface area contributed by atoms with Gasteiger partial charge in [-0.1, -0.05) is 97.1 Å². The van der Waals surface area contributed by atoms with Gasteiger partial charge in [0.05, 0.1) is 22.1 Å². The smallest absolute Gasteiger partial charge is 0.231 e. The highest BCUT2D eigenvalue weighted by atomic mass is 16.3. The first-order chi connectivity index (χ1) is 22.3. The molecule has 6 aromatic carbocycles. The molecule has 0 bridgehead atoms. The van der Waals surface area contributed by atoms with Crippen molar-refractivity contribution in [1.29, 1.82) is 0 Å². The minimum absolute atomic E-state index is 0.549. The van der Waals surface area contributed by atoms with Crippen LogP contribution in [0.2, 0.25) is 0 Å². The predicted molar refractivity (Wildman–Crippen MR) is 182 cm³/mol. The minimum Gasteiger partial charge on any atom is -0.455 e. The van der Waals surface area contributed by atoms with Gasteiger partial charge in [-0.05, 0) is 42.5 Å². The Hall–Kier alpha value is -6.20. The zero-order chi connectivity index (χ0) is 29.5. The summed E-state index contributed by atoms with van der Waals surface area (Å²) < 4.78 is 15.3. The van der Waals surface area contributed by atoms with Crippen LogP contribution in [0.15, 0.2) is 148 Å². The molecule has 0 fully saturated rings. The SMILES string of the molecule is c1ccc(-n2c3ccccc3c3c(-c4nc(-c5cccc6c5oc5ccccc56)c5c(n4)oc4ccccc45)cccc32)cc1. The van der Waals surface area contributed by atoms with Crippen molar-refractivity contribution in [3.8, 4) is 28.3 Å². The first-order valence-corrected chi connectivity index (χ1v) is 15.0. The summed E-state index contributed by atoms with van der Waals surface area (Å²) in [6.07, 6.45) is 0. The lowest BCUT2D eigenvalue weighted by Gasteiger charge is -2.10. The van der Waals surface area contributed by atoms with Gasteiger partial charge in [-0.3, -0.25) is 0 Å². The van der Waals surface area contributed by atoms with Crippen LogP contribution in [0.4, 0.5) is 0 Å². The van der Waals surface area contributed by atoms with E-state index in [9.17, 15) is 0 Å². The minimum atomic E-state index is 0.549. The van der Waals surface area contributed by atoms with Gasteiger partial charge in [-0.2, -0.15) is 4.98 Å². The maximum Gasteiger partial charge on any atom is 0.231 e. The largest absolute Gasteiger partial charge is 0.455 e. The quantitative estimate of drug-likeness (QED) is 0.210. The molecule has 4 aromatic heterocycles. The second kappa shape index (κ2) is 9.15. The number of rotatable bonds is 3. The molecule has 10 aromatic rings. The maximum atomic E-state index is 6.51. The van der Waals surface area contributed by atoms with Crippen molar-refractivity contribution in [2.45, 2.75) is 0 Å². The third-order valence-electron chi connectivity index (χ3n) is 8.85. The highest BCUT2D eigenvalue weighted by Crippen LogP contribution is 2.43. The van der Waals surface area contributed by atoms with Crippen molar-refractivity contribution >= 4 is 65.8 Å². The van der Waals surface area contributed by atoms with Gasteiger partial charge in [0.25, 0.3) is 0 Å². The number of para-hydroxylation sites is 5. The average molecular weight is 578 g/mol. The number of hydrogen-bond acceptors (Lipinski definition) is 4. The molecule has 10 rings (SSSR count). The molecule has 0 radical (unpaired) electrons. The Bertz CT molecular complexity index is 2770. The Morgan fingerprint density at radius 2 is 1.09 bits per heavy atom. The van der Waals surface area contributed by atoms with Crippen LogP contribution in [-0.4, -0.2) is 14.5 Å². The molecular formula is C40H23N3O2. The predicted octanol–water partition coefficient (Wildman–Crippen LogP) is 10.7. The van der Waals surface area contributed by atoms with E-state index in [1.165, 1.54) is 0 Å². The van der Waals surface area contributed by atoms with E-state index < -0.39 is 0 Å². The molecule has 0 saturated carbocycles. The third-order valence-corrected chi connectivity index (χ3v) is 8.85. The van der Waals surface area contributed by atoms with E-state index >= 15 is 0 Å². The summed E-state index contributed by atoms with van der Waals surface area (Å²) in [6.45, 7) is 0. The molecule has 5 nitrogen and oxygen atoms in total. The van der Waals surface area contributed by atoms with Crippen molar-refractivity contribution in [2.24, 2.45) is 0 Å². The number of furan rings is 2. The lowest BCUT2D eigenvalue weighted by atomic mass is 10.0. The first kappa shape index (κ1) is 24.3. The van der Waals surface area contributed by atoms with E-state index in [2.05, 4.69) is 102 Å². The molecule has 0 spiro atoms. The summed E-state index contributed by atoms with van der Waals surface area (Å²) in [5, 5.41) is 6.22. The van der Waals surface area contributed by atoms with Crippen molar-refractivity contribution in [2.75, 3.05) is 0 Å². The van der Waals surface area contributed by atoms with E-state index in [0.717, 1.165) is 82.6 Å². The second-order valence-electron chi connectivity index (χ2n) is 11.3. The zero-order valence-electron chi connectivity index (χ0n) is 23.9. The van der Waals surface area contributed by atoms with Crippen molar-refractivity contribution in [3.05, 3.63) is 140 Å². The zero-order valence-corrected chi connectivity index (χ0v) is 23.9. The van der Waals surface area contributed by atoms with Crippen LogP contribution in [0.25, 0.3) is 94.1 Å². The van der Waals surface area contributed by atoms with Crippen LogP contribution >= 0.6 is 0 Å². The van der Waals surface area contributed by atoms with Gasteiger partial charge in [-0.25, -0.2) is 4.98 Å². The number of hydrogen-bond donors (Lipinski definition) is 0. The molecule has 0 saturated heterocycles. The number of benzene rings is 6. The van der Waals surface area contributed by atoms with Crippen molar-refractivity contribution in [1.82, 2.24) is 14.5 Å². The van der Waals surface area contributed by atoms with Gasteiger partial charge in [0.1, 0.15) is 16.7 Å². The van der Waals surface area contributed by atoms with Gasteiger partial charge in [0.2, 0.25) is 5.71 Å². The van der Waals surface area contributed by atoms with Gasteiger partial charge >= 0.3 is 0 Å². The lowest BCUT2D eigenvalue weighted by molar-refractivity contribution is 0.653. The molecule has 0 unspecified atom stereocenters. The molecule has 0 aliphatic carbocycles. The molecular weight excluding hydrogens is 554 g/mol. The van der Waals surface area contributed by atoms with Crippen LogP contribution in [0.3, 0.4) is 0 Å². The first-order valence-electron chi connectivity index (χ1n) is 15.0. The van der Waals surface area contributed by atoms with Crippen LogP contribution in [0.1, 0.15) is 0 Å². The standard InChI is InChI=1S/C40H23N3O2/c1-2-12-24(13-3-1)43-31-20-7-4-15-27(31)35-29(18-11-21-32(35)43)39-41-37(36-28-16-6-9-23-34(28)45-40(36)42-39)30-19-10-17-26-25-14-5-8-22-33(25)44-38(26)30/h1-23H. The highest BCUT2D eigenvalue weighted by Gasteiger charge is 2.23. The molecule has 0 amide bonds. The van der Waals surface area contributed by atoms with Crippen LogP contribution in [0.5, 0.6) is 0 Å². The third kappa shape index (κ3) is 3.43. The number of nitrogens with zero attached hydrogens (tertiary/aromatic N) is 3. The normalized spacial score (nSPS) is 12.0. The van der Waals surface area contributed by atoms with Crippen molar-refractivity contribution in [3.63, 3.8) is 0 Å². The maximum absolute atomic E-state index is 6.51. The molecule has 0 aliphatic heterocycles. The second-order valence-corrected chi connectivity index (χ2v) is 11.3. The molecule has 5 heteroatoms. The molecule has 210 valence electrons. The summed E-state index contributed by atoms with van der Waals surface area (Å²) in [7, 11) is 0. The molecule has 45 heavy (non-hydrogen) atoms. The van der Waals surface area contributed by atoms with Gasteiger partial charge in [0.15, 0.2) is 5.82 Å². The lowest BCUT2D eigenvalue weighted by Crippen LogP contribution is -1.96. The van der Waals surface area contributed by atoms with Crippen LogP contribution in [-0.2, 0) is 0 Å².